The van der Waals surface area contributed by atoms with Crippen molar-refractivity contribution in [3.8, 4) is 0 Å². The van der Waals surface area contributed by atoms with Crippen LogP contribution in [0.5, 0.6) is 0 Å². The molecule has 2 aromatic rings. The number of aliphatic hydroxyl groups is 1. The number of ether oxygens (including phenoxy) is 3. The lowest BCUT2D eigenvalue weighted by molar-refractivity contribution is -0.129. The van der Waals surface area contributed by atoms with E-state index in [9.17, 15) is 0 Å². The first kappa shape index (κ1) is 31.4. The van der Waals surface area contributed by atoms with Gasteiger partial charge >= 0.3 is 0 Å². The van der Waals surface area contributed by atoms with Crippen LogP contribution < -0.4 is 0 Å². The van der Waals surface area contributed by atoms with Crippen molar-refractivity contribution in [1.82, 2.24) is 0 Å². The summed E-state index contributed by atoms with van der Waals surface area (Å²) in [4.78, 5) is 0. The second-order valence-corrected chi connectivity index (χ2v) is 7.83. The Kier molecular flexibility index (Phi) is 18.5. The van der Waals surface area contributed by atoms with Gasteiger partial charge in [0.25, 0.3) is 0 Å². The van der Waals surface area contributed by atoms with Crippen LogP contribution in [-0.4, -0.2) is 31.2 Å². The Morgan fingerprint density at radius 1 is 0.875 bits per heavy atom. The van der Waals surface area contributed by atoms with E-state index in [1.54, 1.807) is 37.4 Å². The van der Waals surface area contributed by atoms with E-state index in [4.69, 9.17) is 65.7 Å². The fourth-order valence-electron chi connectivity index (χ4n) is 2.56. The molecule has 0 saturated carbocycles. The Morgan fingerprint density at radius 3 is 1.84 bits per heavy atom. The van der Waals surface area contributed by atoms with Gasteiger partial charge in [-0.25, -0.2) is 0 Å². The Hall–Kier alpha value is -0.560. The molecule has 0 aromatic heterocycles. The van der Waals surface area contributed by atoms with Crippen LogP contribution >= 0.6 is 46.4 Å². The molecule has 0 radical (unpaired) electrons. The zero-order chi connectivity index (χ0) is 24.5. The zero-order valence-electron chi connectivity index (χ0n) is 19.3. The van der Waals surface area contributed by atoms with E-state index in [2.05, 4.69) is 0 Å². The van der Waals surface area contributed by atoms with Crippen molar-refractivity contribution in [2.45, 2.75) is 66.1 Å². The van der Waals surface area contributed by atoms with Crippen LogP contribution in [0.4, 0.5) is 0 Å². The maximum atomic E-state index is 8.68. The van der Waals surface area contributed by atoms with Gasteiger partial charge in [0.15, 0.2) is 6.29 Å². The van der Waals surface area contributed by atoms with Gasteiger partial charge in [-0.3, -0.25) is 0 Å². The van der Waals surface area contributed by atoms with Crippen molar-refractivity contribution >= 4 is 46.4 Å². The van der Waals surface area contributed by atoms with Crippen LogP contribution in [0, 0.1) is 0 Å². The van der Waals surface area contributed by atoms with E-state index >= 15 is 0 Å². The van der Waals surface area contributed by atoms with Gasteiger partial charge in [0, 0.05) is 33.6 Å². The van der Waals surface area contributed by atoms with E-state index in [1.165, 1.54) is 0 Å². The summed E-state index contributed by atoms with van der Waals surface area (Å²) in [5.74, 6) is 0. The van der Waals surface area contributed by atoms with Gasteiger partial charge < -0.3 is 19.3 Å². The average Bonchev–Trinajstić information content (AvgIpc) is 3.27. The van der Waals surface area contributed by atoms with E-state index in [0.29, 0.717) is 38.9 Å². The van der Waals surface area contributed by atoms with Gasteiger partial charge in [0.05, 0.1) is 25.9 Å². The Labute approximate surface area is 212 Å². The largest absolute Gasteiger partial charge is 0.392 e. The summed E-state index contributed by atoms with van der Waals surface area (Å²) in [6.07, 6.45) is 1.91. The SMILES string of the molecule is CC.CC.COC1CCC(COCc2ccc(Cl)cc2Cl)O1.OCc1ccc(Cl)cc1Cl. The van der Waals surface area contributed by atoms with E-state index in [1.807, 2.05) is 33.8 Å². The maximum Gasteiger partial charge on any atom is 0.157 e. The molecule has 2 atom stereocenters. The second kappa shape index (κ2) is 18.8. The van der Waals surface area contributed by atoms with Crippen LogP contribution in [0.3, 0.4) is 0 Å². The van der Waals surface area contributed by atoms with Crippen LogP contribution in [0.2, 0.25) is 20.1 Å². The Bertz CT molecular complexity index is 759. The normalized spacial score (nSPS) is 16.7. The van der Waals surface area contributed by atoms with Gasteiger partial charge in [-0.05, 0) is 41.8 Å². The van der Waals surface area contributed by atoms with Gasteiger partial charge in [-0.15, -0.1) is 0 Å². The number of hydrogen-bond donors (Lipinski definition) is 1. The van der Waals surface area contributed by atoms with E-state index < -0.39 is 0 Å². The summed E-state index contributed by atoms with van der Waals surface area (Å²) >= 11 is 23.2. The molecule has 0 aliphatic carbocycles. The first-order valence-electron chi connectivity index (χ1n) is 10.7. The molecule has 1 N–H and O–H groups in total. The molecular formula is C24H34Cl4O4. The molecule has 0 spiro atoms. The number of hydrogen-bond acceptors (Lipinski definition) is 4. The minimum absolute atomic E-state index is 0.0456. The van der Waals surface area contributed by atoms with E-state index in [0.717, 1.165) is 18.4 Å². The predicted molar refractivity (Wildman–Crippen MR) is 136 cm³/mol. The third-order valence-electron chi connectivity index (χ3n) is 4.09. The van der Waals surface area contributed by atoms with Crippen LogP contribution in [-0.2, 0) is 27.4 Å². The van der Waals surface area contributed by atoms with Gasteiger partial charge in [-0.1, -0.05) is 86.2 Å². The third-order valence-corrected chi connectivity index (χ3v) is 5.27. The molecule has 4 nitrogen and oxygen atoms in total. The molecule has 1 heterocycles. The molecule has 32 heavy (non-hydrogen) atoms. The predicted octanol–water partition coefficient (Wildman–Crippen LogP) is 8.20. The number of benzene rings is 2. The first-order valence-corrected chi connectivity index (χ1v) is 12.2. The molecule has 2 aromatic carbocycles. The van der Waals surface area contributed by atoms with E-state index in [-0.39, 0.29) is 19.0 Å². The smallest absolute Gasteiger partial charge is 0.157 e. The summed E-state index contributed by atoms with van der Waals surface area (Å²) in [6.45, 7) is 8.97. The Balaban J connectivity index is 0.000000582. The topological polar surface area (TPSA) is 47.9 Å². The molecule has 2 unspecified atom stereocenters. The van der Waals surface area contributed by atoms with Crippen molar-refractivity contribution in [2.75, 3.05) is 13.7 Å². The van der Waals surface area contributed by atoms with Crippen molar-refractivity contribution in [1.29, 1.82) is 0 Å². The van der Waals surface area contributed by atoms with Crippen molar-refractivity contribution in [3.05, 3.63) is 67.6 Å². The highest BCUT2D eigenvalue weighted by atomic mass is 35.5. The quantitative estimate of drug-likeness (QED) is 0.411. The molecular weight excluding hydrogens is 494 g/mol. The number of aliphatic hydroxyl groups excluding tert-OH is 1. The lowest BCUT2D eigenvalue weighted by Gasteiger charge is -2.13. The lowest BCUT2D eigenvalue weighted by Crippen LogP contribution is -2.17. The van der Waals surface area contributed by atoms with Crippen LogP contribution in [0.15, 0.2) is 36.4 Å². The van der Waals surface area contributed by atoms with Crippen molar-refractivity contribution < 1.29 is 19.3 Å². The minimum Gasteiger partial charge on any atom is -0.392 e. The maximum absolute atomic E-state index is 8.68. The van der Waals surface area contributed by atoms with Crippen molar-refractivity contribution in [2.24, 2.45) is 0 Å². The molecule has 1 saturated heterocycles. The minimum atomic E-state index is -0.0854. The fraction of sp³-hybridized carbons (Fsp3) is 0.500. The van der Waals surface area contributed by atoms with Gasteiger partial charge in [0.2, 0.25) is 0 Å². The molecule has 182 valence electrons. The molecule has 0 amide bonds. The molecule has 1 aliphatic rings. The van der Waals surface area contributed by atoms with Crippen LogP contribution in [0.1, 0.15) is 51.7 Å². The highest BCUT2D eigenvalue weighted by Gasteiger charge is 2.24. The first-order chi connectivity index (χ1) is 15.4. The van der Waals surface area contributed by atoms with Crippen LogP contribution in [0.25, 0.3) is 0 Å². The summed E-state index contributed by atoms with van der Waals surface area (Å²) in [6, 6.07) is 10.4. The third kappa shape index (κ3) is 12.1. The number of rotatable bonds is 6. The highest BCUT2D eigenvalue weighted by molar-refractivity contribution is 6.35. The second-order valence-electron chi connectivity index (χ2n) is 6.15. The monoisotopic (exact) mass is 526 g/mol. The lowest BCUT2D eigenvalue weighted by atomic mass is 10.2. The fourth-order valence-corrected chi connectivity index (χ4v) is 3.49. The molecule has 0 bridgehead atoms. The number of methoxy groups -OCH3 is 1. The molecule has 1 fully saturated rings. The summed E-state index contributed by atoms with van der Waals surface area (Å²) in [5.41, 5.74) is 1.63. The Morgan fingerprint density at radius 2 is 1.41 bits per heavy atom. The highest BCUT2D eigenvalue weighted by Crippen LogP contribution is 2.23. The summed E-state index contributed by atoms with van der Waals surface area (Å²) in [5, 5.41) is 11.0. The molecule has 8 heteroatoms. The number of halogens is 4. The molecule has 1 aliphatic heterocycles. The van der Waals surface area contributed by atoms with Crippen molar-refractivity contribution in [3.63, 3.8) is 0 Å². The molecule has 3 rings (SSSR count). The average molecular weight is 528 g/mol. The van der Waals surface area contributed by atoms with Gasteiger partial charge in [-0.2, -0.15) is 0 Å². The zero-order valence-corrected chi connectivity index (χ0v) is 22.4. The summed E-state index contributed by atoms with van der Waals surface area (Å²) in [7, 11) is 1.65. The van der Waals surface area contributed by atoms with Gasteiger partial charge in [0.1, 0.15) is 0 Å². The standard InChI is InChI=1S/C13H16Cl2O3.C7H6Cl2O.2C2H6/c1-16-13-5-4-11(18-13)8-17-7-9-2-3-10(14)6-12(9)15;8-6-2-1-5(4-10)7(9)3-6;2*1-2/h2-3,6,11,13H,4-5,7-8H2,1H3;1-3,10H,4H2;2*1-2H3. The summed E-state index contributed by atoms with van der Waals surface area (Å²) < 4.78 is 16.3.